The molecule has 4 rings (SSSR count). The van der Waals surface area contributed by atoms with Gasteiger partial charge in [-0.2, -0.15) is 0 Å². The molecule has 4 aromatic rings. The third kappa shape index (κ3) is 3.68. The molecule has 0 spiro atoms. The molecular formula is C22H16N4O3S. The fraction of sp³-hybridized carbons (Fsp3) is 0. The summed E-state index contributed by atoms with van der Waals surface area (Å²) in [4.78, 5) is 31.9. The van der Waals surface area contributed by atoms with Crippen LogP contribution in [0.5, 0.6) is 0 Å². The first kappa shape index (κ1) is 19.4. The molecule has 2 aromatic heterocycles. The molecule has 0 bridgehead atoms. The highest BCUT2D eigenvalue weighted by Gasteiger charge is 2.14. The van der Waals surface area contributed by atoms with Crippen LogP contribution in [-0.2, 0) is 0 Å². The second-order valence-corrected chi connectivity index (χ2v) is 7.00. The summed E-state index contributed by atoms with van der Waals surface area (Å²) in [5.74, 6) is -1.62. The topological polar surface area (TPSA) is 118 Å². The summed E-state index contributed by atoms with van der Waals surface area (Å²) in [6.07, 6.45) is 3.19. The molecule has 0 saturated carbocycles. The number of anilines is 2. The Morgan fingerprint density at radius 1 is 0.967 bits per heavy atom. The number of nitrogens with zero attached hydrogens (tertiary/aromatic N) is 2. The van der Waals surface area contributed by atoms with Crippen molar-refractivity contribution in [1.82, 2.24) is 9.97 Å². The Hall–Kier alpha value is -3.91. The summed E-state index contributed by atoms with van der Waals surface area (Å²) in [6.45, 7) is 0. The summed E-state index contributed by atoms with van der Waals surface area (Å²) in [5, 5.41) is 13.4. The largest absolute Gasteiger partial charge is 0.478 e. The lowest BCUT2D eigenvalue weighted by Crippen LogP contribution is -2.12. The minimum atomic E-state index is -1.03. The molecule has 0 unspecified atom stereocenters. The molecule has 148 valence electrons. The summed E-state index contributed by atoms with van der Waals surface area (Å²) in [7, 11) is 0. The van der Waals surface area contributed by atoms with Crippen molar-refractivity contribution in [2.75, 3.05) is 5.32 Å². The highest BCUT2D eigenvalue weighted by atomic mass is 32.1. The second-order valence-electron chi connectivity index (χ2n) is 6.52. The number of rotatable bonds is 5. The van der Waals surface area contributed by atoms with Crippen molar-refractivity contribution in [1.29, 1.82) is 0 Å². The molecule has 8 heteroatoms. The maximum absolute atomic E-state index is 11.6. The van der Waals surface area contributed by atoms with Gasteiger partial charge >= 0.3 is 5.97 Å². The van der Waals surface area contributed by atoms with Crippen LogP contribution in [-0.4, -0.2) is 27.0 Å². The van der Waals surface area contributed by atoms with Crippen molar-refractivity contribution in [3.8, 4) is 11.1 Å². The van der Waals surface area contributed by atoms with E-state index in [1.807, 2.05) is 18.2 Å². The van der Waals surface area contributed by atoms with Gasteiger partial charge in [0.25, 0.3) is 5.91 Å². The van der Waals surface area contributed by atoms with E-state index >= 15 is 0 Å². The second kappa shape index (κ2) is 7.84. The summed E-state index contributed by atoms with van der Waals surface area (Å²) in [5.41, 5.74) is 9.04. The standard InChI is InChI=1S/C22H16N4O3S/c23-21(27)18-8-6-13(10-24-18)12-5-7-16-15(9-12)20(19(30)11-25-16)26-17-4-2-1-3-14(17)22(28)29/h1-11,30H,(H2,23,27)(H,25,26)(H,28,29). The SMILES string of the molecule is NC(=O)c1ccc(-c2ccc3ncc(S)c(Nc4ccccc4C(=O)O)c3c2)cn1. The zero-order valence-corrected chi connectivity index (χ0v) is 16.4. The number of nitrogens with one attached hydrogen (secondary N) is 1. The number of nitrogens with two attached hydrogens (primary N) is 1. The lowest BCUT2D eigenvalue weighted by Gasteiger charge is -2.15. The van der Waals surface area contributed by atoms with E-state index in [2.05, 4.69) is 27.9 Å². The van der Waals surface area contributed by atoms with E-state index in [4.69, 9.17) is 5.73 Å². The van der Waals surface area contributed by atoms with Crippen LogP contribution in [0.3, 0.4) is 0 Å². The molecule has 7 nitrogen and oxygen atoms in total. The Labute approximate surface area is 177 Å². The van der Waals surface area contributed by atoms with Gasteiger partial charge in [0.05, 0.1) is 22.5 Å². The number of hydrogen-bond donors (Lipinski definition) is 4. The fourth-order valence-corrected chi connectivity index (χ4v) is 3.35. The zero-order chi connectivity index (χ0) is 21.3. The molecule has 0 aliphatic rings. The van der Waals surface area contributed by atoms with Gasteiger partial charge in [0.2, 0.25) is 0 Å². The third-order valence-electron chi connectivity index (χ3n) is 4.61. The maximum Gasteiger partial charge on any atom is 0.337 e. The normalized spacial score (nSPS) is 10.7. The van der Waals surface area contributed by atoms with E-state index in [0.717, 1.165) is 16.5 Å². The Kier molecular flexibility index (Phi) is 5.07. The van der Waals surface area contributed by atoms with Crippen molar-refractivity contribution in [2.45, 2.75) is 4.90 Å². The number of carbonyl (C=O) groups excluding carboxylic acids is 1. The number of primary amides is 1. The van der Waals surface area contributed by atoms with Gasteiger partial charge in [-0.05, 0) is 35.9 Å². The fourth-order valence-electron chi connectivity index (χ4n) is 3.12. The Bertz CT molecular complexity index is 1290. The van der Waals surface area contributed by atoms with Gasteiger partial charge in [0.1, 0.15) is 5.69 Å². The number of benzene rings is 2. The molecule has 0 aliphatic carbocycles. The number of carboxylic acids is 1. The average molecular weight is 416 g/mol. The zero-order valence-electron chi connectivity index (χ0n) is 15.5. The summed E-state index contributed by atoms with van der Waals surface area (Å²) >= 11 is 4.51. The molecule has 2 aromatic carbocycles. The predicted octanol–water partition coefficient (Wildman–Crippen LogP) is 4.13. The van der Waals surface area contributed by atoms with Gasteiger partial charge in [-0.1, -0.05) is 24.3 Å². The van der Waals surface area contributed by atoms with Gasteiger partial charge in [-0.3, -0.25) is 14.8 Å². The Balaban J connectivity index is 1.82. The third-order valence-corrected chi connectivity index (χ3v) is 4.95. The van der Waals surface area contributed by atoms with Gasteiger partial charge in [-0.25, -0.2) is 4.79 Å². The van der Waals surface area contributed by atoms with Crippen LogP contribution < -0.4 is 11.1 Å². The van der Waals surface area contributed by atoms with Gasteiger partial charge < -0.3 is 16.2 Å². The van der Waals surface area contributed by atoms with E-state index < -0.39 is 11.9 Å². The van der Waals surface area contributed by atoms with E-state index in [9.17, 15) is 14.7 Å². The summed E-state index contributed by atoms with van der Waals surface area (Å²) < 4.78 is 0. The molecule has 4 N–H and O–H groups in total. The van der Waals surface area contributed by atoms with E-state index in [0.29, 0.717) is 21.8 Å². The number of aromatic carboxylic acids is 1. The first-order valence-electron chi connectivity index (χ1n) is 8.91. The van der Waals surface area contributed by atoms with Crippen LogP contribution in [0, 0.1) is 0 Å². The highest BCUT2D eigenvalue weighted by Crippen LogP contribution is 2.34. The monoisotopic (exact) mass is 416 g/mol. The van der Waals surface area contributed by atoms with Crippen LogP contribution in [0.4, 0.5) is 11.4 Å². The van der Waals surface area contributed by atoms with E-state index in [1.165, 1.54) is 6.07 Å². The number of carboxylic acid groups (broad SMARTS) is 1. The highest BCUT2D eigenvalue weighted by molar-refractivity contribution is 7.80. The van der Waals surface area contributed by atoms with Gasteiger partial charge in [0.15, 0.2) is 0 Å². The molecule has 2 heterocycles. The molecule has 0 fully saturated rings. The number of para-hydroxylation sites is 1. The minimum Gasteiger partial charge on any atom is -0.478 e. The van der Waals surface area contributed by atoms with Crippen LogP contribution in [0.2, 0.25) is 0 Å². The molecule has 0 atom stereocenters. The molecule has 1 amide bonds. The Morgan fingerprint density at radius 3 is 2.43 bits per heavy atom. The van der Waals surface area contributed by atoms with Crippen LogP contribution in [0.25, 0.3) is 22.0 Å². The van der Waals surface area contributed by atoms with Gasteiger partial charge in [0, 0.05) is 28.2 Å². The Morgan fingerprint density at radius 2 is 1.73 bits per heavy atom. The molecule has 0 saturated heterocycles. The first-order chi connectivity index (χ1) is 14.4. The molecule has 0 radical (unpaired) electrons. The smallest absolute Gasteiger partial charge is 0.337 e. The van der Waals surface area contributed by atoms with Crippen molar-refractivity contribution in [2.24, 2.45) is 5.73 Å². The number of amides is 1. The maximum atomic E-state index is 11.6. The molecule has 0 aliphatic heterocycles. The van der Waals surface area contributed by atoms with Crippen LogP contribution >= 0.6 is 12.6 Å². The van der Waals surface area contributed by atoms with Crippen molar-refractivity contribution >= 4 is 46.8 Å². The van der Waals surface area contributed by atoms with Gasteiger partial charge in [-0.15, -0.1) is 12.6 Å². The molecular weight excluding hydrogens is 400 g/mol. The number of pyridine rings is 2. The number of carbonyl (C=O) groups is 2. The number of hydrogen-bond acceptors (Lipinski definition) is 6. The van der Waals surface area contributed by atoms with E-state index in [1.54, 1.807) is 42.7 Å². The minimum absolute atomic E-state index is 0.151. The quantitative estimate of drug-likeness (QED) is 0.363. The average Bonchev–Trinajstić information content (AvgIpc) is 2.75. The van der Waals surface area contributed by atoms with Crippen LogP contribution in [0.15, 0.2) is 71.9 Å². The lowest BCUT2D eigenvalue weighted by atomic mass is 10.0. The lowest BCUT2D eigenvalue weighted by molar-refractivity contribution is 0.0697. The summed E-state index contributed by atoms with van der Waals surface area (Å²) in [6, 6.07) is 15.6. The van der Waals surface area contributed by atoms with E-state index in [-0.39, 0.29) is 11.3 Å². The van der Waals surface area contributed by atoms with Crippen molar-refractivity contribution in [3.05, 3.63) is 78.2 Å². The van der Waals surface area contributed by atoms with Crippen molar-refractivity contribution in [3.63, 3.8) is 0 Å². The van der Waals surface area contributed by atoms with Crippen LogP contribution in [0.1, 0.15) is 20.8 Å². The number of thiol groups is 1. The number of aromatic nitrogens is 2. The molecule has 30 heavy (non-hydrogen) atoms. The van der Waals surface area contributed by atoms with Crippen molar-refractivity contribution < 1.29 is 14.7 Å². The predicted molar refractivity (Wildman–Crippen MR) is 117 cm³/mol. The first-order valence-corrected chi connectivity index (χ1v) is 9.36. The number of fused-ring (bicyclic) bond motifs is 1.